The van der Waals surface area contributed by atoms with E-state index in [1.165, 1.54) is 15.8 Å². The molecule has 150 valence electrons. The van der Waals surface area contributed by atoms with Crippen molar-refractivity contribution >= 4 is 46.4 Å². The highest BCUT2D eigenvalue weighted by molar-refractivity contribution is 8.14. The van der Waals surface area contributed by atoms with E-state index >= 15 is 0 Å². The van der Waals surface area contributed by atoms with Crippen LogP contribution in [0.3, 0.4) is 0 Å². The van der Waals surface area contributed by atoms with Crippen LogP contribution >= 0.6 is 11.8 Å². The molecule has 0 saturated heterocycles. The molecule has 1 aliphatic rings. The van der Waals surface area contributed by atoms with Crippen molar-refractivity contribution in [2.45, 2.75) is 0 Å². The molecule has 0 saturated carbocycles. The molecule has 1 aromatic carbocycles. The second-order valence-corrected chi connectivity index (χ2v) is 7.11. The van der Waals surface area contributed by atoms with Crippen LogP contribution in [0.15, 0.2) is 81.1 Å². The Bertz CT molecular complexity index is 1140. The minimum Gasteiger partial charge on any atom is -0.861 e. The number of benzene rings is 1. The van der Waals surface area contributed by atoms with Gasteiger partial charge < -0.3 is 5.11 Å². The number of rotatable bonds is 5. The Morgan fingerprint density at radius 2 is 2.07 bits per heavy atom. The van der Waals surface area contributed by atoms with Crippen molar-refractivity contribution < 1.29 is 19.1 Å². The lowest BCUT2D eigenvalue weighted by Gasteiger charge is -2.18. The van der Waals surface area contributed by atoms with Crippen LogP contribution < -0.4 is 14.7 Å². The van der Waals surface area contributed by atoms with Gasteiger partial charge in [0.1, 0.15) is 5.70 Å². The van der Waals surface area contributed by atoms with Crippen LogP contribution in [0.1, 0.15) is 5.69 Å². The third-order valence-electron chi connectivity index (χ3n) is 3.94. The largest absolute Gasteiger partial charge is 0.861 e. The van der Waals surface area contributed by atoms with Gasteiger partial charge in [0, 0.05) is 11.9 Å². The number of amidine groups is 1. The van der Waals surface area contributed by atoms with E-state index in [1.54, 1.807) is 43.6 Å². The minimum atomic E-state index is -0.429. The van der Waals surface area contributed by atoms with Gasteiger partial charge in [0.2, 0.25) is 0 Å². The average Bonchev–Trinajstić information content (AvgIpc) is 3.30. The number of thioether (sulfide) groups is 1. The Morgan fingerprint density at radius 3 is 2.77 bits per heavy atom. The number of hydrogen-bond acceptors (Lipinski definition) is 8. The van der Waals surface area contributed by atoms with Gasteiger partial charge in [-0.3, -0.25) is 19.2 Å². The molecule has 0 fully saturated rings. The smallest absolute Gasteiger partial charge is 0.320 e. The normalized spacial score (nSPS) is 15.7. The number of pyridine rings is 1. The fourth-order valence-electron chi connectivity index (χ4n) is 2.64. The number of carbonyl (C=O) groups is 1. The van der Waals surface area contributed by atoms with Gasteiger partial charge in [-0.1, -0.05) is 40.7 Å². The van der Waals surface area contributed by atoms with E-state index in [2.05, 4.69) is 20.2 Å². The summed E-state index contributed by atoms with van der Waals surface area (Å²) in [5.41, 5.74) is 1.52. The summed E-state index contributed by atoms with van der Waals surface area (Å²) in [6.45, 7) is 0. The predicted molar refractivity (Wildman–Crippen MR) is 111 cm³/mol. The van der Waals surface area contributed by atoms with E-state index in [-0.39, 0.29) is 23.2 Å². The summed E-state index contributed by atoms with van der Waals surface area (Å²) in [5.74, 6) is -0.622. The monoisotopic (exact) mass is 420 g/mol. The quantitative estimate of drug-likeness (QED) is 0.267. The average molecular weight is 420 g/mol. The summed E-state index contributed by atoms with van der Waals surface area (Å²) >= 11 is 1.12. The summed E-state index contributed by atoms with van der Waals surface area (Å²) in [6, 6.07) is 14.5. The Kier molecular flexibility index (Phi) is 5.66. The predicted octanol–water partition coefficient (Wildman–Crippen LogP) is 1.46. The van der Waals surface area contributed by atoms with E-state index in [4.69, 9.17) is 4.52 Å². The third-order valence-corrected chi connectivity index (χ3v) is 4.86. The number of aromatic nitrogens is 3. The lowest BCUT2D eigenvalue weighted by atomic mass is 10.2. The summed E-state index contributed by atoms with van der Waals surface area (Å²) in [6.07, 6.45) is 4.75. The van der Waals surface area contributed by atoms with Crippen LogP contribution in [0.4, 0.5) is 11.6 Å². The van der Waals surface area contributed by atoms with Crippen LogP contribution in [0.5, 0.6) is 0 Å². The van der Waals surface area contributed by atoms with Gasteiger partial charge in [-0.2, -0.15) is 0 Å². The molecule has 0 N–H and O–H groups in total. The molecule has 3 heterocycles. The zero-order valence-electron chi connectivity index (χ0n) is 15.9. The second-order valence-electron chi connectivity index (χ2n) is 6.16. The first kappa shape index (κ1) is 19.5. The standard InChI is InChI=1S/C20H16N6O3S/c1-25-12-18(29-24-25)23-17(27)13-30-20-22-16(11-14-7-5-6-10-21-14)19(28)26(20)15-8-3-2-4-9-15/h2-12H,13H2,1H3/b16-11+. The topological polar surface area (TPSA) is 111 Å². The van der Waals surface area contributed by atoms with Crippen molar-refractivity contribution in [1.82, 2.24) is 10.3 Å². The molecule has 0 unspecified atom stereocenters. The number of aryl methyl sites for hydroxylation is 1. The summed E-state index contributed by atoms with van der Waals surface area (Å²) < 4.78 is 6.31. The SMILES string of the molecule is C[n+]1cc(/N=C(/[O-])CSC2=N/C(=C/c3ccccn3)C(=O)N2c2ccccc2)on1. The van der Waals surface area contributed by atoms with Crippen molar-refractivity contribution in [3.05, 3.63) is 72.3 Å². The Morgan fingerprint density at radius 1 is 1.27 bits per heavy atom. The molecule has 4 rings (SSSR count). The highest BCUT2D eigenvalue weighted by Gasteiger charge is 2.31. The first-order chi connectivity index (χ1) is 14.6. The van der Waals surface area contributed by atoms with Crippen molar-refractivity contribution in [2.75, 3.05) is 10.7 Å². The van der Waals surface area contributed by atoms with E-state index < -0.39 is 5.90 Å². The van der Waals surface area contributed by atoms with Crippen LogP contribution in [0.2, 0.25) is 0 Å². The number of amides is 1. The highest BCUT2D eigenvalue weighted by atomic mass is 32.2. The van der Waals surface area contributed by atoms with Gasteiger partial charge in [0.25, 0.3) is 12.1 Å². The molecule has 1 aliphatic heterocycles. The maximum atomic E-state index is 13.0. The number of para-hydroxylation sites is 1. The van der Waals surface area contributed by atoms with Gasteiger partial charge in [-0.25, -0.2) is 9.98 Å². The van der Waals surface area contributed by atoms with Gasteiger partial charge in [0.15, 0.2) is 17.5 Å². The van der Waals surface area contributed by atoms with E-state index in [1.807, 2.05) is 24.3 Å². The lowest BCUT2D eigenvalue weighted by molar-refractivity contribution is -0.739. The van der Waals surface area contributed by atoms with E-state index in [9.17, 15) is 9.90 Å². The number of aliphatic imine (C=N–C) groups is 2. The van der Waals surface area contributed by atoms with Crippen LogP contribution in [-0.2, 0) is 11.8 Å². The zero-order chi connectivity index (χ0) is 20.9. The molecule has 9 nitrogen and oxygen atoms in total. The van der Waals surface area contributed by atoms with Crippen molar-refractivity contribution in [3.63, 3.8) is 0 Å². The van der Waals surface area contributed by atoms with Crippen LogP contribution in [0.25, 0.3) is 6.08 Å². The van der Waals surface area contributed by atoms with Gasteiger partial charge >= 0.3 is 5.88 Å². The van der Waals surface area contributed by atoms with Crippen molar-refractivity contribution in [3.8, 4) is 0 Å². The molecular formula is C20H16N6O3S. The number of hydrogen-bond donors (Lipinski definition) is 0. The second kappa shape index (κ2) is 8.70. The summed E-state index contributed by atoms with van der Waals surface area (Å²) in [7, 11) is 1.66. The van der Waals surface area contributed by atoms with E-state index in [0.717, 1.165) is 11.8 Å². The Labute approximate surface area is 176 Å². The van der Waals surface area contributed by atoms with Crippen LogP contribution in [-0.4, -0.2) is 33.0 Å². The molecule has 0 spiro atoms. The van der Waals surface area contributed by atoms with Crippen molar-refractivity contribution in [1.29, 1.82) is 0 Å². The van der Waals surface area contributed by atoms with Gasteiger partial charge in [-0.15, -0.1) is 0 Å². The molecule has 2 aromatic heterocycles. The minimum absolute atomic E-state index is 0.0171. The zero-order valence-corrected chi connectivity index (χ0v) is 16.7. The number of carbonyl (C=O) groups excluding carboxylic acids is 1. The van der Waals surface area contributed by atoms with Crippen LogP contribution in [0, 0.1) is 0 Å². The maximum absolute atomic E-state index is 13.0. The summed E-state index contributed by atoms with van der Waals surface area (Å²) in [5, 5.41) is 16.2. The molecule has 0 atom stereocenters. The fraction of sp³-hybridized carbons (Fsp3) is 0.100. The van der Waals surface area contributed by atoms with Gasteiger partial charge in [-0.05, 0) is 36.2 Å². The molecule has 30 heavy (non-hydrogen) atoms. The molecule has 0 bridgehead atoms. The highest BCUT2D eigenvalue weighted by Crippen LogP contribution is 2.29. The molecule has 0 radical (unpaired) electrons. The van der Waals surface area contributed by atoms with Crippen molar-refractivity contribution in [2.24, 2.45) is 17.0 Å². The molecular weight excluding hydrogens is 404 g/mol. The molecule has 10 heteroatoms. The van der Waals surface area contributed by atoms with Gasteiger partial charge in [0.05, 0.1) is 11.4 Å². The number of anilines is 1. The van der Waals surface area contributed by atoms with E-state index in [0.29, 0.717) is 16.5 Å². The first-order valence-electron chi connectivity index (χ1n) is 8.91. The summed E-state index contributed by atoms with van der Waals surface area (Å²) in [4.78, 5) is 27.0. The maximum Gasteiger partial charge on any atom is 0.320 e. The Balaban J connectivity index is 1.60. The third kappa shape index (κ3) is 4.44. The fourth-order valence-corrected chi connectivity index (χ4v) is 3.44. The molecule has 3 aromatic rings. The first-order valence-corrected chi connectivity index (χ1v) is 9.89. The molecule has 1 amide bonds. The molecule has 0 aliphatic carbocycles. The Hall–Kier alpha value is -3.79. The lowest BCUT2D eigenvalue weighted by Crippen LogP contribution is -2.31. The number of nitrogens with zero attached hydrogens (tertiary/aromatic N) is 6.